The van der Waals surface area contributed by atoms with Crippen LogP contribution >= 0.6 is 0 Å². The van der Waals surface area contributed by atoms with E-state index in [-0.39, 0.29) is 17.6 Å². The summed E-state index contributed by atoms with van der Waals surface area (Å²) in [6.07, 6.45) is 0.230. The molecule has 0 aromatic heterocycles. The van der Waals surface area contributed by atoms with Gasteiger partial charge in [-0.2, -0.15) is 10.4 Å². The van der Waals surface area contributed by atoms with Crippen LogP contribution in [-0.2, 0) is 9.59 Å². The average molecular weight is 312 g/mol. The predicted molar refractivity (Wildman–Crippen MR) is 82.8 cm³/mol. The molecule has 1 unspecified atom stereocenters. The number of carbonyl (C=O) groups is 2. The summed E-state index contributed by atoms with van der Waals surface area (Å²) in [4.78, 5) is 24.2. The highest BCUT2D eigenvalue weighted by Gasteiger charge is 2.46. The molecule has 1 aliphatic rings. The van der Waals surface area contributed by atoms with E-state index in [0.717, 1.165) is 5.69 Å². The van der Waals surface area contributed by atoms with Gasteiger partial charge in [-0.3, -0.25) is 4.79 Å². The van der Waals surface area contributed by atoms with E-state index in [2.05, 4.69) is 15.5 Å². The van der Waals surface area contributed by atoms with Crippen LogP contribution in [0.5, 0.6) is 5.75 Å². The number of hydrogen-bond donors (Lipinski definition) is 1. The van der Waals surface area contributed by atoms with Gasteiger partial charge in [0.2, 0.25) is 5.54 Å². The third-order valence-electron chi connectivity index (χ3n) is 3.84. The van der Waals surface area contributed by atoms with E-state index < -0.39 is 17.4 Å². The smallest absolute Gasteiger partial charge is 0.345 e. The summed E-state index contributed by atoms with van der Waals surface area (Å²) in [5.74, 6) is -1.06. The third kappa shape index (κ3) is 2.83. The Bertz CT molecular complexity index is 744. The molecule has 1 amide bonds. The zero-order chi connectivity index (χ0) is 17.0. The van der Waals surface area contributed by atoms with Crippen LogP contribution in [0.2, 0.25) is 0 Å². The van der Waals surface area contributed by atoms with Crippen LogP contribution in [0.1, 0.15) is 20.3 Å². The summed E-state index contributed by atoms with van der Waals surface area (Å²) in [6, 6.07) is 8.59. The second-order valence-corrected chi connectivity index (χ2v) is 4.99. The van der Waals surface area contributed by atoms with Gasteiger partial charge in [-0.15, -0.1) is 5.11 Å². The van der Waals surface area contributed by atoms with Gasteiger partial charge in [-0.05, 0) is 43.2 Å². The van der Waals surface area contributed by atoms with Crippen LogP contribution in [0.15, 0.2) is 45.6 Å². The number of ether oxygens (including phenoxy) is 1. The Labute approximate surface area is 133 Å². The van der Waals surface area contributed by atoms with E-state index >= 15 is 0 Å². The second-order valence-electron chi connectivity index (χ2n) is 4.99. The fourth-order valence-corrected chi connectivity index (χ4v) is 2.31. The Balaban J connectivity index is 2.34. The number of anilines is 1. The monoisotopic (exact) mass is 312 g/mol. The van der Waals surface area contributed by atoms with Crippen LogP contribution in [-0.4, -0.2) is 24.5 Å². The van der Waals surface area contributed by atoms with Crippen molar-refractivity contribution in [1.82, 2.24) is 0 Å². The first-order valence-electron chi connectivity index (χ1n) is 7.07. The Hall–Kier alpha value is -3.01. The number of nitriles is 1. The topological polar surface area (TPSA) is 104 Å². The molecule has 0 radical (unpaired) electrons. The number of azo groups is 1. The number of esters is 1. The molecule has 23 heavy (non-hydrogen) atoms. The maximum atomic E-state index is 12.6. The van der Waals surface area contributed by atoms with Gasteiger partial charge in [0.05, 0.1) is 0 Å². The molecule has 0 saturated carbocycles. The van der Waals surface area contributed by atoms with Crippen molar-refractivity contribution < 1.29 is 14.3 Å². The molecule has 7 heteroatoms. The molecule has 0 aliphatic carbocycles. The highest BCUT2D eigenvalue weighted by Crippen LogP contribution is 2.34. The standard InChI is InChI=1S/C16H16N4O3/c1-4-16(10(2)13(9-17)14(21)19-20-16)15(22)23-12-7-5-11(18-3)6-8-12/h5-8,18H,4H2,1-3H3. The summed E-state index contributed by atoms with van der Waals surface area (Å²) < 4.78 is 5.37. The molecule has 1 atom stereocenters. The molecule has 7 nitrogen and oxygen atoms in total. The Morgan fingerprint density at radius 2 is 2.04 bits per heavy atom. The minimum Gasteiger partial charge on any atom is -0.424 e. The molecule has 1 aromatic rings. The van der Waals surface area contributed by atoms with Crippen LogP contribution < -0.4 is 10.1 Å². The van der Waals surface area contributed by atoms with E-state index in [1.165, 1.54) is 6.92 Å². The van der Waals surface area contributed by atoms with Crippen LogP contribution in [0.3, 0.4) is 0 Å². The van der Waals surface area contributed by atoms with Gasteiger partial charge in [-0.1, -0.05) is 6.92 Å². The Morgan fingerprint density at radius 1 is 1.39 bits per heavy atom. The van der Waals surface area contributed by atoms with Gasteiger partial charge in [0, 0.05) is 12.7 Å². The summed E-state index contributed by atoms with van der Waals surface area (Å²) in [5, 5.41) is 19.4. The summed E-state index contributed by atoms with van der Waals surface area (Å²) in [7, 11) is 1.78. The van der Waals surface area contributed by atoms with E-state index in [1.807, 2.05) is 0 Å². The lowest BCUT2D eigenvalue weighted by molar-refractivity contribution is -0.139. The maximum Gasteiger partial charge on any atom is 0.345 e. The van der Waals surface area contributed by atoms with Gasteiger partial charge < -0.3 is 10.1 Å². The van der Waals surface area contributed by atoms with Crippen molar-refractivity contribution in [1.29, 1.82) is 5.26 Å². The third-order valence-corrected chi connectivity index (χ3v) is 3.84. The Kier molecular flexibility index (Phi) is 4.55. The molecule has 118 valence electrons. The number of benzene rings is 1. The van der Waals surface area contributed by atoms with Crippen molar-refractivity contribution in [2.45, 2.75) is 25.8 Å². The fourth-order valence-electron chi connectivity index (χ4n) is 2.31. The zero-order valence-corrected chi connectivity index (χ0v) is 13.1. The first-order chi connectivity index (χ1) is 11.0. The molecule has 0 bridgehead atoms. The molecule has 1 N–H and O–H groups in total. The lowest BCUT2D eigenvalue weighted by Crippen LogP contribution is -2.43. The molecule has 2 rings (SSSR count). The molecule has 0 fully saturated rings. The lowest BCUT2D eigenvalue weighted by atomic mass is 9.84. The van der Waals surface area contributed by atoms with Crippen molar-refractivity contribution in [2.75, 3.05) is 12.4 Å². The van der Waals surface area contributed by atoms with Crippen molar-refractivity contribution in [3.05, 3.63) is 35.4 Å². The molecule has 1 heterocycles. The summed E-state index contributed by atoms with van der Waals surface area (Å²) in [5.41, 5.74) is -0.467. The lowest BCUT2D eigenvalue weighted by Gasteiger charge is -2.28. The highest BCUT2D eigenvalue weighted by atomic mass is 16.5. The Morgan fingerprint density at radius 3 is 2.57 bits per heavy atom. The average Bonchev–Trinajstić information content (AvgIpc) is 2.56. The SMILES string of the molecule is CCC1(C(=O)Oc2ccc(NC)cc2)N=NC(=O)C(C#N)=C1C. The maximum absolute atomic E-state index is 12.6. The normalized spacial score (nSPS) is 20.2. The van der Waals surface area contributed by atoms with Crippen molar-refractivity contribution in [2.24, 2.45) is 10.2 Å². The number of nitrogens with one attached hydrogen (secondary N) is 1. The van der Waals surface area contributed by atoms with E-state index in [9.17, 15) is 9.59 Å². The minimum atomic E-state index is -1.44. The molecular weight excluding hydrogens is 296 g/mol. The fraction of sp³-hybridized carbons (Fsp3) is 0.312. The minimum absolute atomic E-state index is 0.163. The number of nitrogens with zero attached hydrogens (tertiary/aromatic N) is 3. The first-order valence-corrected chi connectivity index (χ1v) is 7.07. The summed E-state index contributed by atoms with van der Waals surface area (Å²) >= 11 is 0. The summed E-state index contributed by atoms with van der Waals surface area (Å²) in [6.45, 7) is 3.25. The number of rotatable bonds is 4. The van der Waals surface area contributed by atoms with Crippen LogP contribution in [0, 0.1) is 11.3 Å². The second kappa shape index (κ2) is 6.40. The molecule has 0 saturated heterocycles. The van der Waals surface area contributed by atoms with Crippen molar-refractivity contribution in [3.8, 4) is 11.8 Å². The van der Waals surface area contributed by atoms with Crippen LogP contribution in [0.25, 0.3) is 0 Å². The quantitative estimate of drug-likeness (QED) is 0.679. The predicted octanol–water partition coefficient (Wildman–Crippen LogP) is 2.61. The molecule has 1 aliphatic heterocycles. The molecular formula is C16H16N4O3. The molecule has 1 aromatic carbocycles. The molecule has 0 spiro atoms. The zero-order valence-electron chi connectivity index (χ0n) is 13.1. The van der Waals surface area contributed by atoms with E-state index in [4.69, 9.17) is 10.00 Å². The van der Waals surface area contributed by atoms with Crippen molar-refractivity contribution in [3.63, 3.8) is 0 Å². The van der Waals surface area contributed by atoms with Gasteiger partial charge in [0.15, 0.2) is 0 Å². The van der Waals surface area contributed by atoms with Crippen LogP contribution in [0.4, 0.5) is 5.69 Å². The van der Waals surface area contributed by atoms with E-state index in [1.54, 1.807) is 44.3 Å². The number of hydrogen-bond acceptors (Lipinski definition) is 6. The van der Waals surface area contributed by atoms with Gasteiger partial charge >= 0.3 is 11.9 Å². The number of carbonyl (C=O) groups excluding carboxylic acids is 2. The van der Waals surface area contributed by atoms with Crippen molar-refractivity contribution >= 4 is 17.6 Å². The van der Waals surface area contributed by atoms with Gasteiger partial charge in [0.1, 0.15) is 17.4 Å². The number of amides is 1. The highest BCUT2D eigenvalue weighted by molar-refractivity contribution is 6.02. The largest absolute Gasteiger partial charge is 0.424 e. The van der Waals surface area contributed by atoms with Gasteiger partial charge in [0.25, 0.3) is 0 Å². The van der Waals surface area contributed by atoms with E-state index in [0.29, 0.717) is 5.75 Å². The first kappa shape index (κ1) is 16.4. The van der Waals surface area contributed by atoms with Gasteiger partial charge in [-0.25, -0.2) is 4.79 Å².